The number of hydrogen-bond donors (Lipinski definition) is 4. The lowest BCUT2D eigenvalue weighted by atomic mass is 9.97. The highest BCUT2D eigenvalue weighted by Gasteiger charge is 2.12. The Balaban J connectivity index is 2.39. The molecule has 0 spiro atoms. The van der Waals surface area contributed by atoms with Gasteiger partial charge < -0.3 is 11.5 Å². The number of rotatable bonds is 2. The largest absolute Gasteiger partial charge is 0.375 e. The standard InChI is InChI=1S/C8H14N6S2/c9-7(15)13-11-5-1-2-6(4-3-5)12-14-8(10)16/h1-4H2,(H3,9,13,15)(H3,10,14,16). The molecule has 0 aromatic heterocycles. The third kappa shape index (κ3) is 4.99. The molecular formula is C8H14N6S2. The number of nitrogens with two attached hydrogens (primary N) is 2. The maximum atomic E-state index is 5.27. The van der Waals surface area contributed by atoms with Crippen molar-refractivity contribution < 1.29 is 0 Å². The molecule has 8 heteroatoms. The minimum atomic E-state index is 0.183. The molecule has 88 valence electrons. The average molecular weight is 258 g/mol. The van der Waals surface area contributed by atoms with E-state index in [0.717, 1.165) is 37.1 Å². The molecule has 0 bridgehead atoms. The van der Waals surface area contributed by atoms with Crippen LogP contribution in [-0.4, -0.2) is 21.6 Å². The van der Waals surface area contributed by atoms with Crippen LogP contribution in [-0.2, 0) is 0 Å². The summed E-state index contributed by atoms with van der Waals surface area (Å²) in [4.78, 5) is 0. The zero-order valence-electron chi connectivity index (χ0n) is 8.69. The summed E-state index contributed by atoms with van der Waals surface area (Å²) >= 11 is 9.31. The quantitative estimate of drug-likeness (QED) is 0.409. The van der Waals surface area contributed by atoms with Crippen molar-refractivity contribution in [2.45, 2.75) is 25.7 Å². The molecule has 0 heterocycles. The minimum Gasteiger partial charge on any atom is -0.375 e. The van der Waals surface area contributed by atoms with Gasteiger partial charge in [0.15, 0.2) is 10.2 Å². The monoisotopic (exact) mass is 258 g/mol. The molecular weight excluding hydrogens is 244 g/mol. The van der Waals surface area contributed by atoms with Crippen LogP contribution < -0.4 is 22.3 Å². The first-order valence-corrected chi connectivity index (χ1v) is 5.61. The first-order chi connectivity index (χ1) is 7.58. The molecule has 1 fully saturated rings. The molecule has 0 aromatic carbocycles. The maximum absolute atomic E-state index is 5.27. The summed E-state index contributed by atoms with van der Waals surface area (Å²) in [6.07, 6.45) is 3.36. The Labute approximate surface area is 105 Å². The third-order valence-electron chi connectivity index (χ3n) is 2.05. The molecule has 6 nitrogen and oxygen atoms in total. The summed E-state index contributed by atoms with van der Waals surface area (Å²) in [5.74, 6) is 0. The lowest BCUT2D eigenvalue weighted by molar-refractivity contribution is 0.880. The van der Waals surface area contributed by atoms with Gasteiger partial charge >= 0.3 is 0 Å². The number of nitrogens with zero attached hydrogens (tertiary/aromatic N) is 2. The molecule has 1 aliphatic rings. The van der Waals surface area contributed by atoms with Crippen molar-refractivity contribution in [3.8, 4) is 0 Å². The second-order valence-electron chi connectivity index (χ2n) is 3.31. The summed E-state index contributed by atoms with van der Waals surface area (Å²) in [5, 5.41) is 8.54. The Morgan fingerprint density at radius 1 is 0.875 bits per heavy atom. The molecule has 1 saturated carbocycles. The fourth-order valence-corrected chi connectivity index (χ4v) is 1.41. The zero-order valence-corrected chi connectivity index (χ0v) is 10.3. The molecule has 6 N–H and O–H groups in total. The molecule has 0 amide bonds. The van der Waals surface area contributed by atoms with Gasteiger partial charge in [-0.05, 0) is 50.1 Å². The van der Waals surface area contributed by atoms with E-state index in [9.17, 15) is 0 Å². The predicted octanol–water partition coefficient (Wildman–Crippen LogP) is -0.0612. The summed E-state index contributed by atoms with van der Waals surface area (Å²) in [6.45, 7) is 0. The molecule has 0 radical (unpaired) electrons. The highest BCUT2D eigenvalue weighted by molar-refractivity contribution is 7.80. The lowest BCUT2D eigenvalue weighted by Crippen LogP contribution is -2.28. The molecule has 0 aliphatic heterocycles. The van der Waals surface area contributed by atoms with Gasteiger partial charge in [-0.2, -0.15) is 10.2 Å². The van der Waals surface area contributed by atoms with Crippen molar-refractivity contribution in [2.75, 3.05) is 0 Å². The molecule has 16 heavy (non-hydrogen) atoms. The Hall–Kier alpha value is -1.28. The van der Waals surface area contributed by atoms with Crippen LogP contribution in [0.3, 0.4) is 0 Å². The van der Waals surface area contributed by atoms with Crippen LogP contribution in [0.25, 0.3) is 0 Å². The number of thiocarbonyl (C=S) groups is 2. The van der Waals surface area contributed by atoms with Crippen LogP contribution >= 0.6 is 24.4 Å². The van der Waals surface area contributed by atoms with Crippen molar-refractivity contribution >= 4 is 46.1 Å². The molecule has 0 saturated heterocycles. The van der Waals surface area contributed by atoms with E-state index >= 15 is 0 Å². The van der Waals surface area contributed by atoms with Crippen molar-refractivity contribution in [2.24, 2.45) is 21.7 Å². The first kappa shape index (κ1) is 12.8. The van der Waals surface area contributed by atoms with Crippen molar-refractivity contribution in [3.05, 3.63) is 0 Å². The Kier molecular flexibility index (Phi) is 5.06. The first-order valence-electron chi connectivity index (χ1n) is 4.79. The van der Waals surface area contributed by atoms with Crippen LogP contribution in [0.4, 0.5) is 0 Å². The molecule has 0 aromatic rings. The summed E-state index contributed by atoms with van der Waals surface area (Å²) in [5.41, 5.74) is 17.8. The lowest BCUT2D eigenvalue weighted by Gasteiger charge is -2.15. The van der Waals surface area contributed by atoms with E-state index in [1.807, 2.05) is 0 Å². The number of hydrogen-bond acceptors (Lipinski definition) is 4. The molecule has 1 rings (SSSR count). The van der Waals surface area contributed by atoms with Gasteiger partial charge in [0.25, 0.3) is 0 Å². The van der Waals surface area contributed by atoms with Gasteiger partial charge in [0.05, 0.1) is 0 Å². The smallest absolute Gasteiger partial charge is 0.184 e. The minimum absolute atomic E-state index is 0.183. The van der Waals surface area contributed by atoms with Gasteiger partial charge in [0.1, 0.15) is 0 Å². The number of hydrazone groups is 2. The topological polar surface area (TPSA) is 101 Å². The van der Waals surface area contributed by atoms with Crippen LogP contribution in [0.2, 0.25) is 0 Å². The highest BCUT2D eigenvalue weighted by Crippen LogP contribution is 2.12. The van der Waals surface area contributed by atoms with E-state index in [1.54, 1.807) is 0 Å². The van der Waals surface area contributed by atoms with Crippen molar-refractivity contribution in [1.82, 2.24) is 10.9 Å². The SMILES string of the molecule is NC(=S)NN=C1CCC(=NNC(N)=S)CC1. The zero-order chi connectivity index (χ0) is 12.0. The van der Waals surface area contributed by atoms with Crippen molar-refractivity contribution in [3.63, 3.8) is 0 Å². The van der Waals surface area contributed by atoms with Gasteiger partial charge in [-0.15, -0.1) is 0 Å². The van der Waals surface area contributed by atoms with Crippen LogP contribution in [0.1, 0.15) is 25.7 Å². The molecule has 0 unspecified atom stereocenters. The van der Waals surface area contributed by atoms with Gasteiger partial charge in [0.2, 0.25) is 0 Å². The Bertz CT molecular complexity index is 302. The Morgan fingerprint density at radius 3 is 1.44 bits per heavy atom. The van der Waals surface area contributed by atoms with E-state index in [2.05, 4.69) is 45.5 Å². The normalized spacial score (nSPS) is 15.2. The maximum Gasteiger partial charge on any atom is 0.184 e. The molecule has 1 aliphatic carbocycles. The highest BCUT2D eigenvalue weighted by atomic mass is 32.1. The average Bonchev–Trinajstić information content (AvgIpc) is 2.25. The van der Waals surface area contributed by atoms with E-state index < -0.39 is 0 Å². The van der Waals surface area contributed by atoms with E-state index in [-0.39, 0.29) is 10.2 Å². The number of nitrogens with one attached hydrogen (secondary N) is 2. The van der Waals surface area contributed by atoms with Crippen LogP contribution in [0, 0.1) is 0 Å². The third-order valence-corrected chi connectivity index (χ3v) is 2.24. The second-order valence-corrected chi connectivity index (χ2v) is 4.19. The van der Waals surface area contributed by atoms with Gasteiger partial charge in [-0.25, -0.2) is 0 Å². The fraction of sp³-hybridized carbons (Fsp3) is 0.500. The molecule has 0 atom stereocenters. The summed E-state index contributed by atoms with van der Waals surface area (Å²) in [6, 6.07) is 0. The van der Waals surface area contributed by atoms with E-state index in [0.29, 0.717) is 0 Å². The van der Waals surface area contributed by atoms with E-state index in [4.69, 9.17) is 11.5 Å². The van der Waals surface area contributed by atoms with Crippen LogP contribution in [0.5, 0.6) is 0 Å². The van der Waals surface area contributed by atoms with Gasteiger partial charge in [-0.1, -0.05) is 0 Å². The predicted molar refractivity (Wildman–Crippen MR) is 73.2 cm³/mol. The van der Waals surface area contributed by atoms with Gasteiger partial charge in [0, 0.05) is 11.4 Å². The Morgan fingerprint density at radius 2 is 1.19 bits per heavy atom. The summed E-state index contributed by atoms with van der Waals surface area (Å²) in [7, 11) is 0. The van der Waals surface area contributed by atoms with Gasteiger partial charge in [-0.3, -0.25) is 10.9 Å². The van der Waals surface area contributed by atoms with E-state index in [1.165, 1.54) is 0 Å². The second kappa shape index (κ2) is 6.33. The van der Waals surface area contributed by atoms with Crippen molar-refractivity contribution in [1.29, 1.82) is 0 Å². The van der Waals surface area contributed by atoms with Crippen LogP contribution in [0.15, 0.2) is 10.2 Å². The summed E-state index contributed by atoms with van der Waals surface area (Å²) < 4.78 is 0. The fourth-order valence-electron chi connectivity index (χ4n) is 1.32.